The number of hydrogen-bond acceptors (Lipinski definition) is 3. The summed E-state index contributed by atoms with van der Waals surface area (Å²) < 4.78 is 24.2. The van der Waals surface area contributed by atoms with Crippen molar-refractivity contribution in [1.29, 1.82) is 0 Å². The summed E-state index contributed by atoms with van der Waals surface area (Å²) >= 11 is 0. The molecule has 4 heteroatoms. The molecule has 0 bridgehead atoms. The lowest BCUT2D eigenvalue weighted by Gasteiger charge is -2.29. The van der Waals surface area contributed by atoms with Crippen molar-refractivity contribution in [2.24, 2.45) is 0 Å². The van der Waals surface area contributed by atoms with Crippen LogP contribution in [-0.4, -0.2) is 37.7 Å². The van der Waals surface area contributed by atoms with Crippen LogP contribution in [0.15, 0.2) is 18.2 Å². The quantitative estimate of drug-likeness (QED) is 0.784. The van der Waals surface area contributed by atoms with Gasteiger partial charge in [-0.15, -0.1) is 0 Å². The molecule has 88 valence electrons. The molecule has 0 N–H and O–H groups in total. The Morgan fingerprint density at radius 1 is 1.44 bits per heavy atom. The molecular formula is C12H16FNO2. The number of fused-ring (bicyclic) bond motifs is 1. The second-order valence-corrected chi connectivity index (χ2v) is 4.00. The molecule has 0 aliphatic carbocycles. The van der Waals surface area contributed by atoms with Crippen molar-refractivity contribution in [2.45, 2.75) is 13.0 Å². The highest BCUT2D eigenvalue weighted by atomic mass is 19.1. The Hall–Kier alpha value is -1.29. The van der Waals surface area contributed by atoms with E-state index in [1.165, 1.54) is 12.1 Å². The molecule has 3 nitrogen and oxygen atoms in total. The van der Waals surface area contributed by atoms with E-state index in [1.807, 2.05) is 7.05 Å². The molecule has 1 aromatic rings. The Morgan fingerprint density at radius 3 is 3.00 bits per heavy atom. The van der Waals surface area contributed by atoms with E-state index in [2.05, 4.69) is 11.8 Å². The average Bonchev–Trinajstić information content (AvgIpc) is 2.28. The van der Waals surface area contributed by atoms with Gasteiger partial charge in [-0.2, -0.15) is 0 Å². The molecule has 1 atom stereocenters. The van der Waals surface area contributed by atoms with Gasteiger partial charge in [0.05, 0.1) is 0 Å². The Bertz CT molecular complexity index is 370. The van der Waals surface area contributed by atoms with Crippen LogP contribution in [0.3, 0.4) is 0 Å². The van der Waals surface area contributed by atoms with Gasteiger partial charge in [-0.05, 0) is 25.7 Å². The summed E-state index contributed by atoms with van der Waals surface area (Å²) in [5, 5.41) is 0. The highest BCUT2D eigenvalue weighted by Gasteiger charge is 2.22. The normalized spacial score (nSPS) is 18.9. The van der Waals surface area contributed by atoms with E-state index < -0.39 is 0 Å². The molecule has 16 heavy (non-hydrogen) atoms. The second kappa shape index (κ2) is 4.70. The van der Waals surface area contributed by atoms with Crippen molar-refractivity contribution in [2.75, 3.05) is 26.7 Å². The lowest BCUT2D eigenvalue weighted by molar-refractivity contribution is 0.0663. The maximum Gasteiger partial charge on any atom is 0.164 e. The molecule has 0 spiro atoms. The smallest absolute Gasteiger partial charge is 0.164 e. The highest BCUT2D eigenvalue weighted by molar-refractivity contribution is 5.41. The van der Waals surface area contributed by atoms with Gasteiger partial charge >= 0.3 is 0 Å². The van der Waals surface area contributed by atoms with E-state index in [4.69, 9.17) is 9.47 Å². The number of halogens is 1. The summed E-state index contributed by atoms with van der Waals surface area (Å²) in [6.07, 6.45) is -0.0285. The number of likely N-dealkylation sites (N-methyl/N-ethyl adjacent to an activating group) is 1. The summed E-state index contributed by atoms with van der Waals surface area (Å²) in [6.45, 7) is 4.34. The van der Waals surface area contributed by atoms with Crippen LogP contribution in [0.4, 0.5) is 4.39 Å². The molecule has 0 amide bonds. The molecule has 1 aliphatic heterocycles. The molecule has 2 rings (SSSR count). The minimum absolute atomic E-state index is 0.0285. The summed E-state index contributed by atoms with van der Waals surface area (Å²) in [5.41, 5.74) is 0. The minimum atomic E-state index is -0.299. The zero-order chi connectivity index (χ0) is 11.5. The highest BCUT2D eigenvalue weighted by Crippen LogP contribution is 2.32. The summed E-state index contributed by atoms with van der Waals surface area (Å²) in [7, 11) is 2.02. The fourth-order valence-electron chi connectivity index (χ4n) is 1.66. The number of hydrogen-bond donors (Lipinski definition) is 0. The fraction of sp³-hybridized carbons (Fsp3) is 0.500. The van der Waals surface area contributed by atoms with Gasteiger partial charge in [0.25, 0.3) is 0 Å². The first-order valence-electron chi connectivity index (χ1n) is 5.46. The van der Waals surface area contributed by atoms with E-state index in [-0.39, 0.29) is 11.9 Å². The van der Waals surface area contributed by atoms with Crippen molar-refractivity contribution < 1.29 is 13.9 Å². The second-order valence-electron chi connectivity index (χ2n) is 4.00. The largest absolute Gasteiger partial charge is 0.486 e. The van der Waals surface area contributed by atoms with Gasteiger partial charge in [-0.1, -0.05) is 6.92 Å². The van der Waals surface area contributed by atoms with Gasteiger partial charge in [-0.25, -0.2) is 4.39 Å². The summed E-state index contributed by atoms with van der Waals surface area (Å²) in [4.78, 5) is 2.14. The third kappa shape index (κ3) is 2.44. The SMILES string of the molecule is CCN(C)CC1COc2ccc(F)cc2O1. The Balaban J connectivity index is 2.05. The molecule has 1 aliphatic rings. The van der Waals surface area contributed by atoms with Crippen LogP contribution in [0.25, 0.3) is 0 Å². The third-order valence-electron chi connectivity index (χ3n) is 2.68. The van der Waals surface area contributed by atoms with Crippen LogP contribution in [0.1, 0.15) is 6.92 Å². The third-order valence-corrected chi connectivity index (χ3v) is 2.68. The lowest BCUT2D eigenvalue weighted by Crippen LogP contribution is -2.39. The zero-order valence-electron chi connectivity index (χ0n) is 9.57. The molecule has 0 fully saturated rings. The van der Waals surface area contributed by atoms with Gasteiger partial charge < -0.3 is 14.4 Å². The van der Waals surface area contributed by atoms with Crippen LogP contribution < -0.4 is 9.47 Å². The van der Waals surface area contributed by atoms with Gasteiger partial charge in [-0.3, -0.25) is 0 Å². The van der Waals surface area contributed by atoms with E-state index in [0.717, 1.165) is 13.1 Å². The van der Waals surface area contributed by atoms with Crippen LogP contribution in [0.5, 0.6) is 11.5 Å². The first-order valence-corrected chi connectivity index (χ1v) is 5.46. The van der Waals surface area contributed by atoms with Crippen LogP contribution in [0, 0.1) is 5.82 Å². The number of rotatable bonds is 3. The molecule has 1 unspecified atom stereocenters. The average molecular weight is 225 g/mol. The van der Waals surface area contributed by atoms with Crippen molar-refractivity contribution >= 4 is 0 Å². The minimum Gasteiger partial charge on any atom is -0.486 e. The lowest BCUT2D eigenvalue weighted by atomic mass is 10.2. The van der Waals surface area contributed by atoms with Crippen molar-refractivity contribution in [3.8, 4) is 11.5 Å². The Kier molecular flexibility index (Phi) is 3.29. The predicted molar refractivity (Wildman–Crippen MR) is 59.5 cm³/mol. The van der Waals surface area contributed by atoms with Crippen LogP contribution in [0.2, 0.25) is 0 Å². The molecule has 0 saturated heterocycles. The molecular weight excluding hydrogens is 209 g/mol. The van der Waals surface area contributed by atoms with Crippen LogP contribution >= 0.6 is 0 Å². The molecule has 1 heterocycles. The van der Waals surface area contributed by atoms with Crippen molar-refractivity contribution in [1.82, 2.24) is 4.90 Å². The molecule has 0 aromatic heterocycles. The monoisotopic (exact) mass is 225 g/mol. The van der Waals surface area contributed by atoms with E-state index in [0.29, 0.717) is 18.1 Å². The van der Waals surface area contributed by atoms with Gasteiger partial charge in [0.1, 0.15) is 18.5 Å². The Labute approximate surface area is 94.8 Å². The topological polar surface area (TPSA) is 21.7 Å². The van der Waals surface area contributed by atoms with Crippen molar-refractivity contribution in [3.63, 3.8) is 0 Å². The predicted octanol–water partition coefficient (Wildman–Crippen LogP) is 1.92. The fourth-order valence-corrected chi connectivity index (χ4v) is 1.66. The summed E-state index contributed by atoms with van der Waals surface area (Å²) in [5.74, 6) is 0.824. The van der Waals surface area contributed by atoms with Gasteiger partial charge in [0, 0.05) is 12.6 Å². The first kappa shape index (κ1) is 11.2. The summed E-state index contributed by atoms with van der Waals surface area (Å²) in [6, 6.07) is 4.35. The number of benzene rings is 1. The van der Waals surface area contributed by atoms with Gasteiger partial charge in [0.2, 0.25) is 0 Å². The molecule has 1 aromatic carbocycles. The Morgan fingerprint density at radius 2 is 2.25 bits per heavy atom. The standard InChI is InChI=1S/C12H16FNO2/c1-3-14(2)7-10-8-15-11-5-4-9(13)6-12(11)16-10/h4-6,10H,3,7-8H2,1-2H3. The van der Waals surface area contributed by atoms with E-state index in [1.54, 1.807) is 6.07 Å². The van der Waals surface area contributed by atoms with Crippen LogP contribution in [-0.2, 0) is 0 Å². The number of nitrogens with zero attached hydrogens (tertiary/aromatic N) is 1. The first-order chi connectivity index (χ1) is 7.69. The van der Waals surface area contributed by atoms with Crippen molar-refractivity contribution in [3.05, 3.63) is 24.0 Å². The number of ether oxygens (including phenoxy) is 2. The van der Waals surface area contributed by atoms with E-state index in [9.17, 15) is 4.39 Å². The van der Waals surface area contributed by atoms with E-state index >= 15 is 0 Å². The molecule has 0 radical (unpaired) electrons. The maximum atomic E-state index is 13.0. The zero-order valence-corrected chi connectivity index (χ0v) is 9.57. The van der Waals surface area contributed by atoms with Gasteiger partial charge in [0.15, 0.2) is 11.5 Å². The molecule has 0 saturated carbocycles. The maximum absolute atomic E-state index is 13.0.